The average Bonchev–Trinajstić information content (AvgIpc) is 2.76. The van der Waals surface area contributed by atoms with Gasteiger partial charge >= 0.3 is 6.36 Å². The summed E-state index contributed by atoms with van der Waals surface area (Å²) >= 11 is 0. The summed E-state index contributed by atoms with van der Waals surface area (Å²) in [5.41, 5.74) is 1.59. The minimum absolute atomic E-state index is 0.0811. The minimum Gasteiger partial charge on any atom is -0.496 e. The largest absolute Gasteiger partial charge is 0.573 e. The van der Waals surface area contributed by atoms with Crippen LogP contribution >= 0.6 is 0 Å². The van der Waals surface area contributed by atoms with Crippen molar-refractivity contribution in [2.24, 2.45) is 5.92 Å². The van der Waals surface area contributed by atoms with Crippen LogP contribution in [0.3, 0.4) is 0 Å². The number of unbranched alkanes of at least 4 members (excludes halogenated alkanes) is 2. The molecule has 0 unspecified atom stereocenters. The predicted molar refractivity (Wildman–Crippen MR) is 114 cm³/mol. The number of halogens is 5. The van der Waals surface area contributed by atoms with Gasteiger partial charge in [-0.05, 0) is 66.8 Å². The Labute approximate surface area is 185 Å². The first-order chi connectivity index (χ1) is 15.2. The fourth-order valence-electron chi connectivity index (χ4n) is 4.60. The lowest BCUT2D eigenvalue weighted by Crippen LogP contribution is -2.19. The number of rotatable bonds is 8. The van der Waals surface area contributed by atoms with Crippen molar-refractivity contribution in [3.05, 3.63) is 47.5 Å². The van der Waals surface area contributed by atoms with E-state index in [9.17, 15) is 22.0 Å². The van der Waals surface area contributed by atoms with E-state index in [0.717, 1.165) is 36.5 Å². The van der Waals surface area contributed by atoms with E-state index in [1.54, 1.807) is 6.07 Å². The van der Waals surface area contributed by atoms with Crippen molar-refractivity contribution in [3.63, 3.8) is 0 Å². The molecule has 3 rings (SSSR count). The highest BCUT2D eigenvalue weighted by atomic mass is 19.4. The average molecular weight is 456 g/mol. The molecular formula is C25H29F5O2. The van der Waals surface area contributed by atoms with E-state index in [1.165, 1.54) is 45.6 Å². The Morgan fingerprint density at radius 1 is 0.938 bits per heavy atom. The van der Waals surface area contributed by atoms with Crippen molar-refractivity contribution in [2.75, 3.05) is 7.11 Å². The smallest absolute Gasteiger partial charge is 0.496 e. The number of hydrogen-bond acceptors (Lipinski definition) is 2. The number of methoxy groups -OCH3 is 1. The zero-order valence-electron chi connectivity index (χ0n) is 18.4. The number of alkyl halides is 3. The third kappa shape index (κ3) is 6.14. The maximum atomic E-state index is 14.2. The van der Waals surface area contributed by atoms with E-state index in [1.807, 2.05) is 12.1 Å². The summed E-state index contributed by atoms with van der Waals surface area (Å²) < 4.78 is 74.4. The van der Waals surface area contributed by atoms with Crippen LogP contribution in [0.4, 0.5) is 22.0 Å². The van der Waals surface area contributed by atoms with Gasteiger partial charge in [0.05, 0.1) is 7.11 Å². The third-order valence-corrected chi connectivity index (χ3v) is 6.29. The summed E-state index contributed by atoms with van der Waals surface area (Å²) in [6, 6.07) is 7.13. The molecule has 7 heteroatoms. The van der Waals surface area contributed by atoms with Gasteiger partial charge < -0.3 is 9.47 Å². The topological polar surface area (TPSA) is 18.5 Å². The molecule has 0 heterocycles. The Balaban J connectivity index is 1.76. The zero-order valence-corrected chi connectivity index (χ0v) is 18.4. The van der Waals surface area contributed by atoms with Crippen LogP contribution in [-0.4, -0.2) is 13.5 Å². The number of ether oxygens (including phenoxy) is 2. The van der Waals surface area contributed by atoms with Crippen molar-refractivity contribution in [1.82, 2.24) is 0 Å². The van der Waals surface area contributed by atoms with Gasteiger partial charge in [-0.15, -0.1) is 13.2 Å². The summed E-state index contributed by atoms with van der Waals surface area (Å²) in [5, 5.41) is 0. The molecule has 2 nitrogen and oxygen atoms in total. The molecule has 32 heavy (non-hydrogen) atoms. The van der Waals surface area contributed by atoms with Gasteiger partial charge in [-0.2, -0.15) is 0 Å². The van der Waals surface area contributed by atoms with Gasteiger partial charge in [-0.1, -0.05) is 44.7 Å². The molecule has 0 atom stereocenters. The normalized spacial score (nSPS) is 19.1. The standard InChI is InChI=1S/C25H29F5O2/c1-3-4-5-6-16-7-9-17(10-8-16)18-11-12-20(23(15-18)31-2)19-13-21(26)24(22(27)14-19)32-25(28,29)30/h11-17H,3-10H2,1-2H3/t16-,17-. The third-order valence-electron chi connectivity index (χ3n) is 6.29. The Kier molecular flexibility index (Phi) is 8.01. The monoisotopic (exact) mass is 456 g/mol. The van der Waals surface area contributed by atoms with E-state index < -0.39 is 23.7 Å². The highest BCUT2D eigenvalue weighted by Crippen LogP contribution is 2.41. The molecule has 0 aliphatic heterocycles. The zero-order chi connectivity index (χ0) is 23.3. The van der Waals surface area contributed by atoms with Gasteiger partial charge in [-0.25, -0.2) is 8.78 Å². The first-order valence-electron chi connectivity index (χ1n) is 11.1. The second-order valence-electron chi connectivity index (χ2n) is 8.49. The van der Waals surface area contributed by atoms with Gasteiger partial charge in [0.25, 0.3) is 0 Å². The summed E-state index contributed by atoms with van der Waals surface area (Å²) in [6.45, 7) is 2.21. The lowest BCUT2D eigenvalue weighted by molar-refractivity contribution is -0.276. The molecular weight excluding hydrogens is 427 g/mol. The maximum absolute atomic E-state index is 14.2. The molecule has 1 aliphatic carbocycles. The van der Waals surface area contributed by atoms with Crippen molar-refractivity contribution in [3.8, 4) is 22.6 Å². The second-order valence-corrected chi connectivity index (χ2v) is 8.49. The van der Waals surface area contributed by atoms with Crippen LogP contribution in [0.15, 0.2) is 30.3 Å². The number of benzene rings is 2. The van der Waals surface area contributed by atoms with Gasteiger partial charge in [0.15, 0.2) is 11.6 Å². The quantitative estimate of drug-likeness (QED) is 0.293. The molecule has 1 aliphatic rings. The lowest BCUT2D eigenvalue weighted by atomic mass is 9.77. The fraction of sp³-hybridized carbons (Fsp3) is 0.520. The number of hydrogen-bond donors (Lipinski definition) is 0. The van der Waals surface area contributed by atoms with Gasteiger partial charge in [0, 0.05) is 5.56 Å². The molecule has 0 bridgehead atoms. The van der Waals surface area contributed by atoms with Crippen molar-refractivity contribution in [2.45, 2.75) is 70.6 Å². The SMILES string of the molecule is CCCCC[C@H]1CC[C@H](c2ccc(-c3cc(F)c(OC(F)(F)F)c(F)c3)c(OC)c2)CC1. The highest BCUT2D eigenvalue weighted by molar-refractivity contribution is 5.72. The van der Waals surface area contributed by atoms with Crippen molar-refractivity contribution < 1.29 is 31.4 Å². The lowest BCUT2D eigenvalue weighted by Gasteiger charge is -2.29. The van der Waals surface area contributed by atoms with E-state index in [2.05, 4.69) is 11.7 Å². The van der Waals surface area contributed by atoms with Crippen LogP contribution in [0, 0.1) is 17.6 Å². The van der Waals surface area contributed by atoms with Crippen LogP contribution in [-0.2, 0) is 0 Å². The van der Waals surface area contributed by atoms with Crippen LogP contribution in [0.5, 0.6) is 11.5 Å². The molecule has 0 spiro atoms. The molecule has 0 radical (unpaired) electrons. The molecule has 0 saturated heterocycles. The molecule has 0 aromatic heterocycles. The highest BCUT2D eigenvalue weighted by Gasteiger charge is 2.34. The van der Waals surface area contributed by atoms with E-state index in [-0.39, 0.29) is 5.56 Å². The van der Waals surface area contributed by atoms with E-state index >= 15 is 0 Å². The molecule has 0 N–H and O–H groups in total. The van der Waals surface area contributed by atoms with Gasteiger partial charge in [0.1, 0.15) is 5.75 Å². The van der Waals surface area contributed by atoms with Crippen LogP contribution in [0.1, 0.15) is 69.8 Å². The second kappa shape index (κ2) is 10.5. The first kappa shape index (κ1) is 24.3. The Hall–Kier alpha value is -2.31. The van der Waals surface area contributed by atoms with Gasteiger partial charge in [-0.3, -0.25) is 0 Å². The molecule has 0 amide bonds. The maximum Gasteiger partial charge on any atom is 0.573 e. The van der Waals surface area contributed by atoms with E-state index in [0.29, 0.717) is 17.2 Å². The predicted octanol–water partition coefficient (Wildman–Crippen LogP) is 8.39. The van der Waals surface area contributed by atoms with Gasteiger partial charge in [0.2, 0.25) is 5.75 Å². The van der Waals surface area contributed by atoms with Crippen molar-refractivity contribution >= 4 is 0 Å². The summed E-state index contributed by atoms with van der Waals surface area (Å²) in [7, 11) is 1.46. The Morgan fingerprint density at radius 3 is 2.16 bits per heavy atom. The molecule has 2 aromatic rings. The fourth-order valence-corrected chi connectivity index (χ4v) is 4.60. The van der Waals surface area contributed by atoms with E-state index in [4.69, 9.17) is 4.74 Å². The molecule has 2 aromatic carbocycles. The van der Waals surface area contributed by atoms with Crippen molar-refractivity contribution in [1.29, 1.82) is 0 Å². The molecule has 1 fully saturated rings. The van der Waals surface area contributed by atoms with Crippen LogP contribution in [0.25, 0.3) is 11.1 Å². The van der Waals surface area contributed by atoms with Crippen LogP contribution < -0.4 is 9.47 Å². The van der Waals surface area contributed by atoms with Crippen LogP contribution in [0.2, 0.25) is 0 Å². The minimum atomic E-state index is -5.18. The Morgan fingerprint density at radius 2 is 1.59 bits per heavy atom. The first-order valence-corrected chi connectivity index (χ1v) is 11.1. The Bertz CT molecular complexity index is 879. The summed E-state index contributed by atoms with van der Waals surface area (Å²) in [4.78, 5) is 0. The molecule has 1 saturated carbocycles. The summed E-state index contributed by atoms with van der Waals surface area (Å²) in [5.74, 6) is -2.71. The summed E-state index contributed by atoms with van der Waals surface area (Å²) in [6.07, 6.45) is 4.46. The molecule has 176 valence electrons.